The van der Waals surface area contributed by atoms with Gasteiger partial charge in [0.1, 0.15) is 11.9 Å². The summed E-state index contributed by atoms with van der Waals surface area (Å²) in [6.07, 6.45) is 1.70. The highest BCUT2D eigenvalue weighted by atomic mass is 35.5. The summed E-state index contributed by atoms with van der Waals surface area (Å²) in [5.74, 6) is -0.707. The lowest BCUT2D eigenvalue weighted by atomic mass is 9.94. The molecule has 0 spiro atoms. The number of aromatic nitrogens is 1. The van der Waals surface area contributed by atoms with Gasteiger partial charge in [0.15, 0.2) is 0 Å². The molecule has 0 bridgehead atoms. The zero-order chi connectivity index (χ0) is 16.4. The molecule has 1 aromatic heterocycles. The molecule has 1 atom stereocenters. The highest BCUT2D eigenvalue weighted by Crippen LogP contribution is 2.24. The summed E-state index contributed by atoms with van der Waals surface area (Å²) in [7, 11) is 0. The van der Waals surface area contributed by atoms with Gasteiger partial charge in [-0.15, -0.1) is 0 Å². The van der Waals surface area contributed by atoms with Crippen LogP contribution in [0.5, 0.6) is 0 Å². The normalized spacial score (nSPS) is 16.6. The van der Waals surface area contributed by atoms with Crippen LogP contribution in [0.4, 0.5) is 10.6 Å². The first-order valence-corrected chi connectivity index (χ1v) is 7.41. The van der Waals surface area contributed by atoms with E-state index in [1.807, 2.05) is 24.3 Å². The average Bonchev–Trinajstić information content (AvgIpc) is 2.55. The van der Waals surface area contributed by atoms with Gasteiger partial charge in [-0.1, -0.05) is 35.9 Å². The molecule has 6 nitrogen and oxygen atoms in total. The Kier molecular flexibility index (Phi) is 4.16. The lowest BCUT2D eigenvalue weighted by Crippen LogP contribution is -2.50. The molecule has 2 amide bonds. The van der Waals surface area contributed by atoms with Crippen LogP contribution in [0.1, 0.15) is 11.1 Å². The monoisotopic (exact) mass is 331 g/mol. The van der Waals surface area contributed by atoms with E-state index in [-0.39, 0.29) is 13.0 Å². The molecule has 2 heterocycles. The highest BCUT2D eigenvalue weighted by Gasteiger charge is 2.34. The molecule has 0 saturated heterocycles. The fraction of sp³-hybridized carbons (Fsp3) is 0.188. The van der Waals surface area contributed by atoms with Crippen molar-refractivity contribution in [3.8, 4) is 0 Å². The Morgan fingerprint density at radius 2 is 1.96 bits per heavy atom. The number of urea groups is 1. The average molecular weight is 332 g/mol. The Bertz CT molecular complexity index is 748. The summed E-state index contributed by atoms with van der Waals surface area (Å²) >= 11 is 5.75. The first-order chi connectivity index (χ1) is 11.0. The van der Waals surface area contributed by atoms with E-state index in [1.54, 1.807) is 12.1 Å². The molecule has 2 aromatic rings. The lowest BCUT2D eigenvalue weighted by molar-refractivity contribution is -0.142. The number of carbonyl (C=O) groups excluding carboxylic acids is 1. The minimum absolute atomic E-state index is 0.243. The molecule has 1 aliphatic rings. The molecule has 0 fully saturated rings. The molecule has 1 aliphatic heterocycles. The second kappa shape index (κ2) is 6.26. The van der Waals surface area contributed by atoms with E-state index in [1.165, 1.54) is 11.1 Å². The van der Waals surface area contributed by atoms with Crippen LogP contribution >= 0.6 is 11.6 Å². The third-order valence-corrected chi connectivity index (χ3v) is 3.98. The molecule has 0 saturated carbocycles. The third kappa shape index (κ3) is 3.27. The number of hydrogen-bond donors (Lipinski definition) is 2. The topological polar surface area (TPSA) is 82.5 Å². The van der Waals surface area contributed by atoms with Crippen LogP contribution in [0, 0.1) is 0 Å². The summed E-state index contributed by atoms with van der Waals surface area (Å²) in [5, 5.41) is 12.5. The second-order valence-electron chi connectivity index (χ2n) is 5.25. The summed E-state index contributed by atoms with van der Waals surface area (Å²) < 4.78 is 0. The molecule has 7 heteroatoms. The Morgan fingerprint density at radius 3 is 2.61 bits per heavy atom. The number of benzene rings is 1. The van der Waals surface area contributed by atoms with Crippen LogP contribution < -0.4 is 5.32 Å². The molecule has 0 unspecified atom stereocenters. The Morgan fingerprint density at radius 1 is 1.22 bits per heavy atom. The maximum Gasteiger partial charge on any atom is 0.326 e. The van der Waals surface area contributed by atoms with Gasteiger partial charge >= 0.3 is 12.0 Å². The summed E-state index contributed by atoms with van der Waals surface area (Å²) in [5.41, 5.74) is 1.90. The van der Waals surface area contributed by atoms with Gasteiger partial charge in [-0.3, -0.25) is 5.32 Å². The van der Waals surface area contributed by atoms with Crippen LogP contribution in [0.15, 0.2) is 42.6 Å². The van der Waals surface area contributed by atoms with Gasteiger partial charge in [-0.05, 0) is 23.3 Å². The van der Waals surface area contributed by atoms with Gasteiger partial charge in [0.25, 0.3) is 0 Å². The van der Waals surface area contributed by atoms with E-state index in [0.29, 0.717) is 10.8 Å². The van der Waals surface area contributed by atoms with Crippen molar-refractivity contribution in [2.45, 2.75) is 19.0 Å². The van der Waals surface area contributed by atoms with Gasteiger partial charge < -0.3 is 10.0 Å². The van der Waals surface area contributed by atoms with Crippen molar-refractivity contribution in [3.05, 3.63) is 58.7 Å². The number of nitrogens with zero attached hydrogens (tertiary/aromatic N) is 2. The van der Waals surface area contributed by atoms with Crippen molar-refractivity contribution < 1.29 is 14.7 Å². The number of pyridine rings is 1. The van der Waals surface area contributed by atoms with Crippen LogP contribution in [-0.4, -0.2) is 33.0 Å². The third-order valence-electron chi connectivity index (χ3n) is 3.76. The van der Waals surface area contributed by atoms with E-state index in [0.717, 1.165) is 11.1 Å². The predicted molar refractivity (Wildman–Crippen MR) is 85.4 cm³/mol. The zero-order valence-electron chi connectivity index (χ0n) is 12.1. The molecule has 0 radical (unpaired) electrons. The van der Waals surface area contributed by atoms with Crippen LogP contribution in [-0.2, 0) is 17.8 Å². The van der Waals surface area contributed by atoms with Crippen LogP contribution in [0.25, 0.3) is 0 Å². The van der Waals surface area contributed by atoms with Crippen molar-refractivity contribution in [1.29, 1.82) is 0 Å². The standard InChI is InChI=1S/C16H14ClN3O3/c17-12-5-6-14(18-8-12)19-16(23)20-9-11-4-2-1-3-10(11)7-13(20)15(21)22/h1-6,8,13H,7,9H2,(H,21,22)(H,18,19,23)/t13-/m1/s1. The Hall–Kier alpha value is -2.60. The molecule has 1 aromatic carbocycles. The number of nitrogens with one attached hydrogen (secondary N) is 1. The number of fused-ring (bicyclic) bond motifs is 1. The molecule has 118 valence electrons. The highest BCUT2D eigenvalue weighted by molar-refractivity contribution is 6.30. The minimum atomic E-state index is -1.03. The number of amides is 2. The first kappa shape index (κ1) is 15.3. The number of halogens is 1. The fourth-order valence-corrected chi connectivity index (χ4v) is 2.70. The Labute approximate surface area is 137 Å². The molecular formula is C16H14ClN3O3. The van der Waals surface area contributed by atoms with E-state index in [9.17, 15) is 14.7 Å². The number of carboxylic acids is 1. The molecule has 3 rings (SSSR count). The minimum Gasteiger partial charge on any atom is -0.480 e. The second-order valence-corrected chi connectivity index (χ2v) is 5.68. The number of carboxylic acid groups (broad SMARTS) is 1. The van der Waals surface area contributed by atoms with Gasteiger partial charge in [-0.25, -0.2) is 14.6 Å². The Balaban J connectivity index is 1.83. The van der Waals surface area contributed by atoms with Gasteiger partial charge in [0, 0.05) is 19.2 Å². The molecule has 0 aliphatic carbocycles. The zero-order valence-corrected chi connectivity index (χ0v) is 12.8. The van der Waals surface area contributed by atoms with Crippen molar-refractivity contribution >= 4 is 29.4 Å². The van der Waals surface area contributed by atoms with Gasteiger partial charge in [0.05, 0.1) is 5.02 Å². The summed E-state index contributed by atoms with van der Waals surface area (Å²) in [6, 6.07) is 9.29. The van der Waals surface area contributed by atoms with Crippen LogP contribution in [0.3, 0.4) is 0 Å². The molecule has 2 N–H and O–H groups in total. The number of aliphatic carboxylic acids is 1. The number of rotatable bonds is 2. The van der Waals surface area contributed by atoms with E-state index >= 15 is 0 Å². The van der Waals surface area contributed by atoms with Crippen molar-refractivity contribution in [3.63, 3.8) is 0 Å². The molecule has 23 heavy (non-hydrogen) atoms. The summed E-state index contributed by atoms with van der Waals surface area (Å²) in [4.78, 5) is 29.3. The van der Waals surface area contributed by atoms with Crippen molar-refractivity contribution in [1.82, 2.24) is 9.88 Å². The van der Waals surface area contributed by atoms with E-state index < -0.39 is 18.0 Å². The van der Waals surface area contributed by atoms with E-state index in [2.05, 4.69) is 10.3 Å². The van der Waals surface area contributed by atoms with Gasteiger partial charge in [0.2, 0.25) is 0 Å². The largest absolute Gasteiger partial charge is 0.480 e. The quantitative estimate of drug-likeness (QED) is 0.886. The smallest absolute Gasteiger partial charge is 0.326 e. The number of anilines is 1. The predicted octanol–water partition coefficient (Wildman–Crippen LogP) is 2.78. The van der Waals surface area contributed by atoms with Gasteiger partial charge in [-0.2, -0.15) is 0 Å². The summed E-state index contributed by atoms with van der Waals surface area (Å²) in [6.45, 7) is 0.243. The van der Waals surface area contributed by atoms with Crippen molar-refractivity contribution in [2.24, 2.45) is 0 Å². The lowest BCUT2D eigenvalue weighted by Gasteiger charge is -2.34. The SMILES string of the molecule is O=C(O)[C@H]1Cc2ccccc2CN1C(=O)Nc1ccc(Cl)cn1. The van der Waals surface area contributed by atoms with E-state index in [4.69, 9.17) is 11.6 Å². The first-order valence-electron chi connectivity index (χ1n) is 7.03. The number of carbonyl (C=O) groups is 2. The maximum atomic E-state index is 12.5. The fourth-order valence-electron chi connectivity index (χ4n) is 2.59. The number of hydrogen-bond acceptors (Lipinski definition) is 3. The maximum absolute atomic E-state index is 12.5. The van der Waals surface area contributed by atoms with Crippen LogP contribution in [0.2, 0.25) is 5.02 Å². The van der Waals surface area contributed by atoms with Crippen molar-refractivity contribution in [2.75, 3.05) is 5.32 Å². The molecular weight excluding hydrogens is 318 g/mol.